The van der Waals surface area contributed by atoms with Crippen molar-refractivity contribution in [1.29, 1.82) is 0 Å². The normalized spacial score (nSPS) is 10.4. The van der Waals surface area contributed by atoms with Crippen LogP contribution in [0.5, 0.6) is 5.75 Å². The van der Waals surface area contributed by atoms with Crippen LogP contribution in [0.2, 0.25) is 0 Å². The lowest BCUT2D eigenvalue weighted by Gasteiger charge is -2.07. The van der Waals surface area contributed by atoms with Gasteiger partial charge in [-0.05, 0) is 42.5 Å². The van der Waals surface area contributed by atoms with Gasteiger partial charge in [-0.2, -0.15) is 0 Å². The number of aryl methyl sites for hydroxylation is 2. The first kappa shape index (κ1) is 13.6. The Labute approximate surface area is 115 Å². The van der Waals surface area contributed by atoms with Gasteiger partial charge in [0.15, 0.2) is 0 Å². The number of ether oxygens (including phenoxy) is 1. The minimum absolute atomic E-state index is 0.554. The predicted octanol–water partition coefficient (Wildman–Crippen LogP) is 3.20. The van der Waals surface area contributed by atoms with E-state index in [1.54, 1.807) is 0 Å². The third-order valence-electron chi connectivity index (χ3n) is 3.06. The van der Waals surface area contributed by atoms with Crippen LogP contribution < -0.4 is 10.5 Å². The highest BCUT2D eigenvalue weighted by Gasteiger charge is 1.98. The number of rotatable bonds is 7. The molecule has 2 nitrogen and oxygen atoms in total. The molecule has 0 spiro atoms. The van der Waals surface area contributed by atoms with Crippen molar-refractivity contribution in [2.75, 3.05) is 13.2 Å². The molecular weight excluding hydrogens is 234 g/mol. The van der Waals surface area contributed by atoms with Crippen LogP contribution in [-0.2, 0) is 12.8 Å². The topological polar surface area (TPSA) is 35.2 Å². The SMILES string of the molecule is NCCOc1cccc(CCCc2ccccc2)c1. The molecule has 100 valence electrons. The number of nitrogens with two attached hydrogens (primary N) is 1. The minimum Gasteiger partial charge on any atom is -0.492 e. The molecule has 0 saturated heterocycles. The van der Waals surface area contributed by atoms with E-state index >= 15 is 0 Å². The molecule has 19 heavy (non-hydrogen) atoms. The van der Waals surface area contributed by atoms with Crippen molar-refractivity contribution in [3.8, 4) is 5.75 Å². The van der Waals surface area contributed by atoms with Crippen LogP contribution in [0, 0.1) is 0 Å². The summed E-state index contributed by atoms with van der Waals surface area (Å²) in [4.78, 5) is 0. The third kappa shape index (κ3) is 4.76. The zero-order valence-corrected chi connectivity index (χ0v) is 11.2. The van der Waals surface area contributed by atoms with Crippen molar-refractivity contribution in [2.24, 2.45) is 5.73 Å². The van der Waals surface area contributed by atoms with E-state index in [4.69, 9.17) is 10.5 Å². The largest absolute Gasteiger partial charge is 0.492 e. The Hall–Kier alpha value is -1.80. The lowest BCUT2D eigenvalue weighted by atomic mass is 10.0. The Bertz CT molecular complexity index is 482. The molecule has 2 aromatic rings. The predicted molar refractivity (Wildman–Crippen MR) is 79.5 cm³/mol. The molecule has 2 N–H and O–H groups in total. The zero-order chi connectivity index (χ0) is 13.3. The second-order valence-electron chi connectivity index (χ2n) is 4.62. The first-order valence-corrected chi connectivity index (χ1v) is 6.84. The molecule has 0 amide bonds. The summed E-state index contributed by atoms with van der Waals surface area (Å²) in [6.07, 6.45) is 3.35. The van der Waals surface area contributed by atoms with E-state index < -0.39 is 0 Å². The maximum absolute atomic E-state index is 5.54. The first-order valence-electron chi connectivity index (χ1n) is 6.84. The minimum atomic E-state index is 0.554. The van der Waals surface area contributed by atoms with Gasteiger partial charge in [0.2, 0.25) is 0 Å². The van der Waals surface area contributed by atoms with Gasteiger partial charge in [0, 0.05) is 6.54 Å². The van der Waals surface area contributed by atoms with Gasteiger partial charge in [0.25, 0.3) is 0 Å². The van der Waals surface area contributed by atoms with Crippen molar-refractivity contribution in [3.63, 3.8) is 0 Å². The zero-order valence-electron chi connectivity index (χ0n) is 11.2. The lowest BCUT2D eigenvalue weighted by Crippen LogP contribution is -2.10. The van der Waals surface area contributed by atoms with Crippen LogP contribution in [0.3, 0.4) is 0 Å². The fraction of sp³-hybridized carbons (Fsp3) is 0.294. The summed E-state index contributed by atoms with van der Waals surface area (Å²) in [5, 5.41) is 0. The average Bonchev–Trinajstić information content (AvgIpc) is 2.47. The standard InChI is InChI=1S/C17H21NO/c18-12-13-19-17-11-5-10-16(14-17)9-4-8-15-6-2-1-3-7-15/h1-3,5-7,10-11,14H,4,8-9,12-13,18H2. The fourth-order valence-corrected chi connectivity index (χ4v) is 2.11. The van der Waals surface area contributed by atoms with Crippen molar-refractivity contribution in [1.82, 2.24) is 0 Å². The quantitative estimate of drug-likeness (QED) is 0.824. The molecular formula is C17H21NO. The van der Waals surface area contributed by atoms with E-state index in [0.717, 1.165) is 25.0 Å². The van der Waals surface area contributed by atoms with Gasteiger partial charge in [-0.1, -0.05) is 42.5 Å². The number of hydrogen-bond donors (Lipinski definition) is 1. The summed E-state index contributed by atoms with van der Waals surface area (Å²) < 4.78 is 5.54. The number of hydrogen-bond acceptors (Lipinski definition) is 2. The molecule has 0 bridgehead atoms. The van der Waals surface area contributed by atoms with E-state index in [0.29, 0.717) is 13.2 Å². The Morgan fingerprint density at radius 3 is 2.37 bits per heavy atom. The number of benzene rings is 2. The van der Waals surface area contributed by atoms with Crippen LogP contribution in [-0.4, -0.2) is 13.2 Å². The fourth-order valence-electron chi connectivity index (χ4n) is 2.11. The Kier molecular flexibility index (Phi) is 5.45. The van der Waals surface area contributed by atoms with Crippen LogP contribution in [0.4, 0.5) is 0 Å². The molecule has 2 heteroatoms. The first-order chi connectivity index (χ1) is 9.38. The second-order valence-corrected chi connectivity index (χ2v) is 4.62. The van der Waals surface area contributed by atoms with Crippen molar-refractivity contribution in [2.45, 2.75) is 19.3 Å². The van der Waals surface area contributed by atoms with Gasteiger partial charge in [-0.3, -0.25) is 0 Å². The Morgan fingerprint density at radius 2 is 1.58 bits per heavy atom. The molecule has 0 atom stereocenters. The highest BCUT2D eigenvalue weighted by Crippen LogP contribution is 2.15. The molecule has 0 fully saturated rings. The summed E-state index contributed by atoms with van der Waals surface area (Å²) >= 11 is 0. The molecule has 0 aliphatic carbocycles. The summed E-state index contributed by atoms with van der Waals surface area (Å²) in [5.41, 5.74) is 8.16. The van der Waals surface area contributed by atoms with E-state index in [-0.39, 0.29) is 0 Å². The molecule has 0 heterocycles. The van der Waals surface area contributed by atoms with Crippen molar-refractivity contribution < 1.29 is 4.74 Å². The van der Waals surface area contributed by atoms with Gasteiger partial charge in [-0.25, -0.2) is 0 Å². The molecule has 0 saturated carbocycles. The van der Waals surface area contributed by atoms with Gasteiger partial charge in [-0.15, -0.1) is 0 Å². The summed E-state index contributed by atoms with van der Waals surface area (Å²) in [6.45, 7) is 1.13. The summed E-state index contributed by atoms with van der Waals surface area (Å²) in [7, 11) is 0. The van der Waals surface area contributed by atoms with E-state index in [2.05, 4.69) is 42.5 Å². The molecule has 2 aromatic carbocycles. The molecule has 0 unspecified atom stereocenters. The molecule has 0 aromatic heterocycles. The van der Waals surface area contributed by atoms with Gasteiger partial charge in [0.1, 0.15) is 12.4 Å². The van der Waals surface area contributed by atoms with E-state index in [1.807, 2.05) is 12.1 Å². The Morgan fingerprint density at radius 1 is 0.842 bits per heavy atom. The molecule has 0 aliphatic rings. The van der Waals surface area contributed by atoms with Crippen LogP contribution >= 0.6 is 0 Å². The van der Waals surface area contributed by atoms with Crippen molar-refractivity contribution in [3.05, 3.63) is 65.7 Å². The smallest absolute Gasteiger partial charge is 0.119 e. The average molecular weight is 255 g/mol. The third-order valence-corrected chi connectivity index (χ3v) is 3.06. The maximum atomic E-state index is 5.54. The van der Waals surface area contributed by atoms with E-state index in [1.165, 1.54) is 11.1 Å². The Balaban J connectivity index is 1.82. The van der Waals surface area contributed by atoms with Crippen LogP contribution in [0.1, 0.15) is 17.5 Å². The highest BCUT2D eigenvalue weighted by atomic mass is 16.5. The van der Waals surface area contributed by atoms with E-state index in [9.17, 15) is 0 Å². The molecule has 0 radical (unpaired) electrons. The van der Waals surface area contributed by atoms with Crippen LogP contribution in [0.25, 0.3) is 0 Å². The van der Waals surface area contributed by atoms with Gasteiger partial charge in [0.05, 0.1) is 0 Å². The van der Waals surface area contributed by atoms with Crippen molar-refractivity contribution >= 4 is 0 Å². The van der Waals surface area contributed by atoms with Gasteiger partial charge < -0.3 is 10.5 Å². The monoisotopic (exact) mass is 255 g/mol. The lowest BCUT2D eigenvalue weighted by molar-refractivity contribution is 0.328. The second kappa shape index (κ2) is 7.59. The molecule has 0 aliphatic heterocycles. The highest BCUT2D eigenvalue weighted by molar-refractivity contribution is 5.28. The van der Waals surface area contributed by atoms with Crippen LogP contribution in [0.15, 0.2) is 54.6 Å². The van der Waals surface area contributed by atoms with Gasteiger partial charge >= 0.3 is 0 Å². The maximum Gasteiger partial charge on any atom is 0.119 e. The summed E-state index contributed by atoms with van der Waals surface area (Å²) in [6, 6.07) is 18.9. The summed E-state index contributed by atoms with van der Waals surface area (Å²) in [5.74, 6) is 0.919. The molecule has 2 rings (SSSR count).